The van der Waals surface area contributed by atoms with Crippen LogP contribution in [0.1, 0.15) is 26.3 Å². The van der Waals surface area contributed by atoms with Crippen LogP contribution in [0.5, 0.6) is 0 Å². The maximum atomic E-state index is 11.7. The predicted octanol–water partition coefficient (Wildman–Crippen LogP) is 1.64. The van der Waals surface area contributed by atoms with Gasteiger partial charge in [0.2, 0.25) is 5.91 Å². The lowest BCUT2D eigenvalue weighted by molar-refractivity contribution is -0.136. The normalized spacial score (nSPS) is 11.1. The Labute approximate surface area is 113 Å². The van der Waals surface area contributed by atoms with E-state index in [0.29, 0.717) is 11.3 Å². The Balaban J connectivity index is 2.57. The largest absolute Gasteiger partial charge is 0.481 e. The molecular weight excluding hydrogens is 244 g/mol. The topological polar surface area (TPSA) is 78.4 Å². The molecule has 0 bridgehead atoms. The van der Waals surface area contributed by atoms with Crippen LogP contribution < -0.4 is 10.6 Å². The fourth-order valence-corrected chi connectivity index (χ4v) is 1.48. The molecule has 0 spiro atoms. The van der Waals surface area contributed by atoms with Crippen molar-refractivity contribution in [2.45, 2.75) is 32.7 Å². The number of rotatable bonds is 5. The zero-order valence-corrected chi connectivity index (χ0v) is 11.5. The number of carboxylic acid groups (broad SMARTS) is 1. The standard InChI is InChI=1S/C14H20N2O3/c1-14(2,3)15-9-12(17)16-11-6-4-5-10(7-11)8-13(18)19/h4-7,15H,8-9H2,1-3H3,(H,16,17)(H,18,19). The molecule has 0 radical (unpaired) electrons. The van der Waals surface area contributed by atoms with Crippen molar-refractivity contribution in [2.75, 3.05) is 11.9 Å². The average Bonchev–Trinajstić information content (AvgIpc) is 2.25. The van der Waals surface area contributed by atoms with Gasteiger partial charge >= 0.3 is 5.97 Å². The smallest absolute Gasteiger partial charge is 0.307 e. The number of carbonyl (C=O) groups is 2. The first-order valence-corrected chi connectivity index (χ1v) is 6.12. The van der Waals surface area contributed by atoms with E-state index in [2.05, 4.69) is 10.6 Å². The second kappa shape index (κ2) is 6.33. The summed E-state index contributed by atoms with van der Waals surface area (Å²) in [6.07, 6.45) is -0.0516. The second-order valence-electron chi connectivity index (χ2n) is 5.42. The summed E-state index contributed by atoms with van der Waals surface area (Å²) in [6.45, 7) is 6.15. The van der Waals surface area contributed by atoms with Gasteiger partial charge < -0.3 is 15.7 Å². The molecule has 0 saturated carbocycles. The fourth-order valence-electron chi connectivity index (χ4n) is 1.48. The van der Waals surface area contributed by atoms with Crippen molar-refractivity contribution >= 4 is 17.6 Å². The molecule has 104 valence electrons. The summed E-state index contributed by atoms with van der Waals surface area (Å²) in [7, 11) is 0. The fraction of sp³-hybridized carbons (Fsp3) is 0.429. The molecule has 0 aliphatic rings. The van der Waals surface area contributed by atoms with E-state index in [9.17, 15) is 9.59 Å². The van der Waals surface area contributed by atoms with E-state index in [1.165, 1.54) is 0 Å². The third-order valence-electron chi connectivity index (χ3n) is 2.35. The Morgan fingerprint density at radius 1 is 1.26 bits per heavy atom. The number of benzene rings is 1. The predicted molar refractivity (Wildman–Crippen MR) is 74.2 cm³/mol. The van der Waals surface area contributed by atoms with Gasteiger partial charge in [0.1, 0.15) is 0 Å². The van der Waals surface area contributed by atoms with Gasteiger partial charge in [-0.05, 0) is 38.5 Å². The Bertz CT molecular complexity index is 464. The molecule has 3 N–H and O–H groups in total. The van der Waals surface area contributed by atoms with E-state index >= 15 is 0 Å². The van der Waals surface area contributed by atoms with Crippen LogP contribution in [-0.2, 0) is 16.0 Å². The maximum Gasteiger partial charge on any atom is 0.307 e. The zero-order valence-electron chi connectivity index (χ0n) is 11.5. The molecule has 0 unspecified atom stereocenters. The van der Waals surface area contributed by atoms with E-state index in [1.54, 1.807) is 24.3 Å². The maximum absolute atomic E-state index is 11.7. The Morgan fingerprint density at radius 2 is 1.95 bits per heavy atom. The summed E-state index contributed by atoms with van der Waals surface area (Å²) in [5.74, 6) is -1.04. The highest BCUT2D eigenvalue weighted by Crippen LogP contribution is 2.11. The van der Waals surface area contributed by atoms with Crippen LogP contribution in [0.2, 0.25) is 0 Å². The minimum Gasteiger partial charge on any atom is -0.481 e. The van der Waals surface area contributed by atoms with Crippen molar-refractivity contribution < 1.29 is 14.7 Å². The number of hydrogen-bond donors (Lipinski definition) is 3. The summed E-state index contributed by atoms with van der Waals surface area (Å²) < 4.78 is 0. The molecule has 0 aliphatic heterocycles. The van der Waals surface area contributed by atoms with Crippen LogP contribution >= 0.6 is 0 Å². The molecule has 5 heteroatoms. The number of nitrogens with one attached hydrogen (secondary N) is 2. The lowest BCUT2D eigenvalue weighted by Crippen LogP contribution is -2.41. The van der Waals surface area contributed by atoms with Crippen molar-refractivity contribution in [3.05, 3.63) is 29.8 Å². The highest BCUT2D eigenvalue weighted by molar-refractivity contribution is 5.92. The lowest BCUT2D eigenvalue weighted by atomic mass is 10.1. The van der Waals surface area contributed by atoms with Gasteiger partial charge in [0.05, 0.1) is 13.0 Å². The molecule has 1 amide bonds. The van der Waals surface area contributed by atoms with Crippen LogP contribution in [0.15, 0.2) is 24.3 Å². The zero-order chi connectivity index (χ0) is 14.5. The van der Waals surface area contributed by atoms with E-state index < -0.39 is 5.97 Å². The van der Waals surface area contributed by atoms with Crippen molar-refractivity contribution in [1.29, 1.82) is 0 Å². The van der Waals surface area contributed by atoms with Gasteiger partial charge in [0.15, 0.2) is 0 Å². The van der Waals surface area contributed by atoms with Crippen molar-refractivity contribution in [3.8, 4) is 0 Å². The number of hydrogen-bond acceptors (Lipinski definition) is 3. The van der Waals surface area contributed by atoms with Crippen LogP contribution in [0.25, 0.3) is 0 Å². The van der Waals surface area contributed by atoms with Crippen molar-refractivity contribution in [3.63, 3.8) is 0 Å². The summed E-state index contributed by atoms with van der Waals surface area (Å²) in [5, 5.41) is 14.5. The Morgan fingerprint density at radius 3 is 2.53 bits per heavy atom. The van der Waals surface area contributed by atoms with Gasteiger partial charge in [-0.1, -0.05) is 12.1 Å². The minimum absolute atomic E-state index is 0.0516. The van der Waals surface area contributed by atoms with E-state index in [-0.39, 0.29) is 24.4 Å². The van der Waals surface area contributed by atoms with Crippen LogP contribution in [0.3, 0.4) is 0 Å². The first kappa shape index (κ1) is 15.2. The Hall–Kier alpha value is -1.88. The molecule has 0 fully saturated rings. The SMILES string of the molecule is CC(C)(C)NCC(=O)Nc1cccc(CC(=O)O)c1. The van der Waals surface area contributed by atoms with Gasteiger partial charge in [-0.15, -0.1) is 0 Å². The first-order valence-electron chi connectivity index (χ1n) is 6.12. The van der Waals surface area contributed by atoms with Crippen LogP contribution in [0, 0.1) is 0 Å². The highest BCUT2D eigenvalue weighted by atomic mass is 16.4. The molecule has 0 heterocycles. The number of aliphatic carboxylic acids is 1. The number of anilines is 1. The number of carbonyl (C=O) groups excluding carboxylic acids is 1. The molecular formula is C14H20N2O3. The van der Waals surface area contributed by atoms with Gasteiger partial charge in [0, 0.05) is 11.2 Å². The van der Waals surface area contributed by atoms with Crippen LogP contribution in [0.4, 0.5) is 5.69 Å². The average molecular weight is 264 g/mol. The summed E-state index contributed by atoms with van der Waals surface area (Å²) in [4.78, 5) is 22.3. The summed E-state index contributed by atoms with van der Waals surface area (Å²) in [5.41, 5.74) is 1.15. The molecule has 1 aromatic rings. The van der Waals surface area contributed by atoms with Gasteiger partial charge in [0.25, 0.3) is 0 Å². The molecule has 0 aliphatic carbocycles. The summed E-state index contributed by atoms with van der Waals surface area (Å²) >= 11 is 0. The van der Waals surface area contributed by atoms with E-state index in [0.717, 1.165) is 0 Å². The third-order valence-corrected chi connectivity index (χ3v) is 2.35. The second-order valence-corrected chi connectivity index (χ2v) is 5.42. The van der Waals surface area contributed by atoms with E-state index in [1.807, 2.05) is 20.8 Å². The first-order chi connectivity index (χ1) is 8.76. The molecule has 19 heavy (non-hydrogen) atoms. The lowest BCUT2D eigenvalue weighted by Gasteiger charge is -2.20. The minimum atomic E-state index is -0.891. The van der Waals surface area contributed by atoms with Gasteiger partial charge in [-0.2, -0.15) is 0 Å². The van der Waals surface area contributed by atoms with Crippen molar-refractivity contribution in [2.24, 2.45) is 0 Å². The molecule has 1 aromatic carbocycles. The third kappa shape index (κ3) is 6.57. The highest BCUT2D eigenvalue weighted by Gasteiger charge is 2.11. The number of carboxylic acids is 1. The number of amides is 1. The van der Waals surface area contributed by atoms with Gasteiger partial charge in [-0.25, -0.2) is 0 Å². The van der Waals surface area contributed by atoms with E-state index in [4.69, 9.17) is 5.11 Å². The molecule has 1 rings (SSSR count). The van der Waals surface area contributed by atoms with Crippen molar-refractivity contribution in [1.82, 2.24) is 5.32 Å². The monoisotopic (exact) mass is 264 g/mol. The van der Waals surface area contributed by atoms with Crippen LogP contribution in [-0.4, -0.2) is 29.1 Å². The molecule has 5 nitrogen and oxygen atoms in total. The quantitative estimate of drug-likeness (QED) is 0.755. The molecule has 0 saturated heterocycles. The summed E-state index contributed by atoms with van der Waals surface area (Å²) in [6, 6.07) is 6.85. The van der Waals surface area contributed by atoms with Gasteiger partial charge in [-0.3, -0.25) is 9.59 Å². The molecule has 0 atom stereocenters. The molecule has 0 aromatic heterocycles. The Kier molecular flexibility index (Phi) is 5.06.